The second-order valence-corrected chi connectivity index (χ2v) is 6.50. The first-order chi connectivity index (χ1) is 9.58. The van der Waals surface area contributed by atoms with Gasteiger partial charge in [-0.2, -0.15) is 0 Å². The molecule has 1 unspecified atom stereocenters. The van der Waals surface area contributed by atoms with Crippen molar-refractivity contribution in [2.75, 3.05) is 34.2 Å². The number of likely N-dealkylation sites (tertiary alicyclic amines) is 1. The summed E-state index contributed by atoms with van der Waals surface area (Å²) in [5, 5.41) is 6.36. The monoisotopic (exact) mass is 296 g/mol. The molecule has 0 radical (unpaired) electrons. The topological polar surface area (TPSA) is 48.5 Å². The first-order valence-corrected chi connectivity index (χ1v) is 7.99. The number of nitrogens with zero attached hydrogens (tertiary/aromatic N) is 3. The Kier molecular flexibility index (Phi) is 5.51. The van der Waals surface area contributed by atoms with Gasteiger partial charge in [0, 0.05) is 38.6 Å². The molecule has 6 heteroatoms. The number of hydrogen-bond acceptors (Lipinski definition) is 5. The Labute approximate surface area is 125 Å². The van der Waals surface area contributed by atoms with Crippen molar-refractivity contribution in [1.29, 1.82) is 0 Å². The van der Waals surface area contributed by atoms with E-state index in [0.29, 0.717) is 12.5 Å². The minimum absolute atomic E-state index is 0.110. The van der Waals surface area contributed by atoms with E-state index < -0.39 is 0 Å². The Balaban J connectivity index is 1.87. The van der Waals surface area contributed by atoms with E-state index in [9.17, 15) is 4.79 Å². The van der Waals surface area contributed by atoms with Crippen LogP contribution in [0.5, 0.6) is 0 Å². The third-order valence-corrected chi connectivity index (χ3v) is 4.60. The SMILES string of the molecule is CNC1CCCN(Cc2csc(CC(=O)N(C)C)n2)C1. The largest absolute Gasteiger partial charge is 0.348 e. The quantitative estimate of drug-likeness (QED) is 0.879. The predicted octanol–water partition coefficient (Wildman–Crippen LogP) is 0.958. The second kappa shape index (κ2) is 7.15. The predicted molar refractivity (Wildman–Crippen MR) is 81.9 cm³/mol. The molecule has 0 aliphatic carbocycles. The van der Waals surface area contributed by atoms with Crippen molar-refractivity contribution >= 4 is 17.2 Å². The van der Waals surface area contributed by atoms with Crippen molar-refractivity contribution in [3.05, 3.63) is 16.1 Å². The molecule has 5 nitrogen and oxygen atoms in total. The van der Waals surface area contributed by atoms with Gasteiger partial charge in [-0.05, 0) is 26.4 Å². The number of carbonyl (C=O) groups is 1. The lowest BCUT2D eigenvalue weighted by molar-refractivity contribution is -0.127. The minimum Gasteiger partial charge on any atom is -0.348 e. The van der Waals surface area contributed by atoms with Gasteiger partial charge in [0.2, 0.25) is 5.91 Å². The van der Waals surface area contributed by atoms with E-state index >= 15 is 0 Å². The van der Waals surface area contributed by atoms with Crippen molar-refractivity contribution in [3.63, 3.8) is 0 Å². The zero-order chi connectivity index (χ0) is 14.5. The molecule has 0 aromatic carbocycles. The number of aromatic nitrogens is 1. The summed E-state index contributed by atoms with van der Waals surface area (Å²) >= 11 is 1.59. The maximum atomic E-state index is 11.7. The molecule has 2 heterocycles. The highest BCUT2D eigenvalue weighted by Crippen LogP contribution is 2.16. The van der Waals surface area contributed by atoms with E-state index in [2.05, 4.69) is 20.6 Å². The molecule has 1 fully saturated rings. The fraction of sp³-hybridized carbons (Fsp3) is 0.714. The minimum atomic E-state index is 0.110. The molecule has 20 heavy (non-hydrogen) atoms. The zero-order valence-corrected chi connectivity index (χ0v) is 13.4. The second-order valence-electron chi connectivity index (χ2n) is 5.56. The molecule has 2 rings (SSSR count). The summed E-state index contributed by atoms with van der Waals surface area (Å²) in [4.78, 5) is 20.3. The summed E-state index contributed by atoms with van der Waals surface area (Å²) in [7, 11) is 5.59. The number of hydrogen-bond donors (Lipinski definition) is 1. The average molecular weight is 296 g/mol. The Morgan fingerprint density at radius 3 is 3.10 bits per heavy atom. The van der Waals surface area contributed by atoms with Gasteiger partial charge in [-0.3, -0.25) is 9.69 Å². The number of carbonyl (C=O) groups excluding carboxylic acids is 1. The first-order valence-electron chi connectivity index (χ1n) is 7.11. The highest BCUT2D eigenvalue weighted by Gasteiger charge is 2.19. The van der Waals surface area contributed by atoms with E-state index in [0.717, 1.165) is 30.3 Å². The molecule has 1 aliphatic rings. The van der Waals surface area contributed by atoms with Crippen LogP contribution in [-0.2, 0) is 17.8 Å². The number of likely N-dealkylation sites (N-methyl/N-ethyl adjacent to an activating group) is 2. The van der Waals surface area contributed by atoms with Crippen molar-refractivity contribution < 1.29 is 4.79 Å². The molecular formula is C14H24N4OS. The average Bonchev–Trinajstić information content (AvgIpc) is 2.86. The molecule has 1 N–H and O–H groups in total. The molecule has 0 spiro atoms. The lowest BCUT2D eigenvalue weighted by Crippen LogP contribution is -2.43. The van der Waals surface area contributed by atoms with Crippen LogP contribution in [0.25, 0.3) is 0 Å². The van der Waals surface area contributed by atoms with E-state index in [4.69, 9.17) is 0 Å². The van der Waals surface area contributed by atoms with Gasteiger partial charge in [-0.25, -0.2) is 4.98 Å². The van der Waals surface area contributed by atoms with Crippen molar-refractivity contribution in [3.8, 4) is 0 Å². The molecule has 1 aliphatic heterocycles. The Bertz CT molecular complexity index is 446. The highest BCUT2D eigenvalue weighted by atomic mass is 32.1. The van der Waals surface area contributed by atoms with Gasteiger partial charge in [0.25, 0.3) is 0 Å². The first kappa shape index (κ1) is 15.4. The van der Waals surface area contributed by atoms with E-state index in [1.165, 1.54) is 12.8 Å². The smallest absolute Gasteiger partial charge is 0.228 e. The molecule has 1 atom stereocenters. The van der Waals surface area contributed by atoms with Crippen LogP contribution in [0.15, 0.2) is 5.38 Å². The van der Waals surface area contributed by atoms with Crippen LogP contribution >= 0.6 is 11.3 Å². The lowest BCUT2D eigenvalue weighted by Gasteiger charge is -2.31. The van der Waals surface area contributed by atoms with Crippen molar-refractivity contribution in [2.45, 2.75) is 31.8 Å². The Morgan fingerprint density at radius 2 is 2.40 bits per heavy atom. The van der Waals surface area contributed by atoms with E-state index in [1.807, 2.05) is 7.05 Å². The summed E-state index contributed by atoms with van der Waals surface area (Å²) in [5.74, 6) is 0.110. The van der Waals surface area contributed by atoms with Gasteiger partial charge in [-0.1, -0.05) is 0 Å². The van der Waals surface area contributed by atoms with Crippen molar-refractivity contribution in [1.82, 2.24) is 20.1 Å². The number of amides is 1. The lowest BCUT2D eigenvalue weighted by atomic mass is 10.1. The maximum absolute atomic E-state index is 11.7. The van der Waals surface area contributed by atoms with Crippen LogP contribution in [0.1, 0.15) is 23.5 Å². The molecule has 1 saturated heterocycles. The van der Waals surface area contributed by atoms with Crippen LogP contribution in [0.4, 0.5) is 0 Å². The summed E-state index contributed by atoms with van der Waals surface area (Å²) in [5.41, 5.74) is 1.09. The summed E-state index contributed by atoms with van der Waals surface area (Å²) < 4.78 is 0. The molecule has 0 saturated carbocycles. The van der Waals surface area contributed by atoms with Crippen LogP contribution in [0.3, 0.4) is 0 Å². The molecule has 1 aromatic rings. The third-order valence-electron chi connectivity index (χ3n) is 3.70. The Hall–Kier alpha value is -0.980. The van der Waals surface area contributed by atoms with Gasteiger partial charge in [-0.15, -0.1) is 11.3 Å². The number of nitrogens with one attached hydrogen (secondary N) is 1. The zero-order valence-electron chi connectivity index (χ0n) is 12.6. The summed E-state index contributed by atoms with van der Waals surface area (Å²) in [6.07, 6.45) is 2.91. The highest BCUT2D eigenvalue weighted by molar-refractivity contribution is 7.09. The normalized spacial score (nSPS) is 20.1. The summed E-state index contributed by atoms with van der Waals surface area (Å²) in [6, 6.07) is 0.595. The number of piperidine rings is 1. The summed E-state index contributed by atoms with van der Waals surface area (Å²) in [6.45, 7) is 3.12. The van der Waals surface area contributed by atoms with Crippen molar-refractivity contribution in [2.24, 2.45) is 0 Å². The standard InChI is InChI=1S/C14H24N4OS/c1-15-11-5-4-6-18(8-11)9-12-10-20-13(16-12)7-14(19)17(2)3/h10-11,15H,4-9H2,1-3H3. The van der Waals surface area contributed by atoms with E-state index in [1.54, 1.807) is 30.3 Å². The Morgan fingerprint density at radius 1 is 1.60 bits per heavy atom. The molecule has 112 valence electrons. The fourth-order valence-corrected chi connectivity index (χ4v) is 3.23. The van der Waals surface area contributed by atoms with Crippen LogP contribution in [-0.4, -0.2) is 61.0 Å². The molecule has 1 amide bonds. The molecular weight excluding hydrogens is 272 g/mol. The van der Waals surface area contributed by atoms with Gasteiger partial charge < -0.3 is 10.2 Å². The molecule has 0 bridgehead atoms. The van der Waals surface area contributed by atoms with Gasteiger partial charge in [0.15, 0.2) is 0 Å². The number of rotatable bonds is 5. The fourth-order valence-electron chi connectivity index (χ4n) is 2.45. The van der Waals surface area contributed by atoms with Crippen LogP contribution in [0.2, 0.25) is 0 Å². The number of thiazole rings is 1. The van der Waals surface area contributed by atoms with Gasteiger partial charge >= 0.3 is 0 Å². The third kappa shape index (κ3) is 4.26. The van der Waals surface area contributed by atoms with Gasteiger partial charge in [0.1, 0.15) is 5.01 Å². The maximum Gasteiger partial charge on any atom is 0.228 e. The van der Waals surface area contributed by atoms with E-state index in [-0.39, 0.29) is 5.91 Å². The van der Waals surface area contributed by atoms with Crippen LogP contribution in [0, 0.1) is 0 Å². The van der Waals surface area contributed by atoms with Gasteiger partial charge in [0.05, 0.1) is 12.1 Å². The van der Waals surface area contributed by atoms with Crippen LogP contribution < -0.4 is 5.32 Å². The molecule has 1 aromatic heterocycles.